The van der Waals surface area contributed by atoms with E-state index < -0.39 is 0 Å². The molecule has 4 heteroatoms. The van der Waals surface area contributed by atoms with Gasteiger partial charge in [-0.1, -0.05) is 51.2 Å². The number of rotatable bonds is 5. The maximum absolute atomic E-state index is 5.78. The summed E-state index contributed by atoms with van der Waals surface area (Å²) in [4.78, 5) is 4.57. The Morgan fingerprint density at radius 2 is 1.89 bits per heavy atom. The molecule has 0 amide bonds. The van der Waals surface area contributed by atoms with Gasteiger partial charge in [-0.15, -0.1) is 0 Å². The van der Waals surface area contributed by atoms with Crippen LogP contribution in [0.4, 0.5) is 0 Å². The summed E-state index contributed by atoms with van der Waals surface area (Å²) in [5.41, 5.74) is 4.02. The third-order valence-corrected chi connectivity index (χ3v) is 7.66. The van der Waals surface area contributed by atoms with Gasteiger partial charge in [0.2, 0.25) is 12.0 Å². The molecule has 0 N–H and O–H groups in total. The zero-order valence-corrected chi connectivity index (χ0v) is 18.0. The summed E-state index contributed by atoms with van der Waals surface area (Å²) in [7, 11) is 0. The summed E-state index contributed by atoms with van der Waals surface area (Å²) >= 11 is 5.78. The Morgan fingerprint density at radius 3 is 2.56 bits per heavy atom. The first-order valence-corrected chi connectivity index (χ1v) is 10.7. The van der Waals surface area contributed by atoms with Gasteiger partial charge in [-0.3, -0.25) is 0 Å². The van der Waals surface area contributed by atoms with Crippen molar-refractivity contribution in [3.05, 3.63) is 46.6 Å². The quantitative estimate of drug-likeness (QED) is 0.324. The molecule has 3 aromatic rings. The minimum atomic E-state index is -0.107. The first-order valence-electron chi connectivity index (χ1n) is 10.3. The maximum atomic E-state index is 5.78. The van der Waals surface area contributed by atoms with Crippen LogP contribution < -0.4 is 4.40 Å². The third kappa shape index (κ3) is 2.29. The lowest BCUT2D eigenvalue weighted by atomic mass is 9.61. The van der Waals surface area contributed by atoms with E-state index in [0.717, 1.165) is 19.3 Å². The minimum absolute atomic E-state index is 0.00634. The highest BCUT2D eigenvalue weighted by atomic mass is 32.1. The van der Waals surface area contributed by atoms with Crippen molar-refractivity contribution in [1.29, 1.82) is 0 Å². The van der Waals surface area contributed by atoms with Crippen LogP contribution in [0.15, 0.2) is 30.7 Å². The molecule has 0 saturated carbocycles. The van der Waals surface area contributed by atoms with Crippen molar-refractivity contribution in [3.8, 4) is 0 Å². The number of pyridine rings is 1. The summed E-state index contributed by atoms with van der Waals surface area (Å²) in [6.45, 7) is 11.6. The van der Waals surface area contributed by atoms with Crippen molar-refractivity contribution in [2.45, 2.75) is 77.7 Å². The highest BCUT2D eigenvalue weighted by Gasteiger charge is 2.52. The molecule has 0 bridgehead atoms. The Labute approximate surface area is 167 Å². The number of aromatic nitrogens is 3. The molecule has 0 spiro atoms. The maximum Gasteiger partial charge on any atom is 0.334 e. The monoisotopic (exact) mass is 380 g/mol. The van der Waals surface area contributed by atoms with Gasteiger partial charge in [0, 0.05) is 5.41 Å². The van der Waals surface area contributed by atoms with Crippen molar-refractivity contribution in [2.24, 2.45) is 0 Å². The Balaban J connectivity index is 2.25. The van der Waals surface area contributed by atoms with E-state index in [0.29, 0.717) is 4.77 Å². The fourth-order valence-electron chi connectivity index (χ4n) is 5.18. The number of aryl methyl sites for hydroxylation is 1. The van der Waals surface area contributed by atoms with E-state index in [2.05, 4.69) is 73.0 Å². The molecule has 0 aliphatic carbocycles. The second-order valence-corrected chi connectivity index (χ2v) is 8.75. The van der Waals surface area contributed by atoms with Crippen LogP contribution in [0.5, 0.6) is 0 Å². The Morgan fingerprint density at radius 1 is 1.11 bits per heavy atom. The molecule has 1 aromatic carbocycles. The average Bonchev–Trinajstić information content (AvgIpc) is 2.69. The van der Waals surface area contributed by atoms with Crippen molar-refractivity contribution < 1.29 is 4.40 Å². The van der Waals surface area contributed by atoms with E-state index in [4.69, 9.17) is 12.2 Å². The minimum Gasteiger partial charge on any atom is -0.213 e. The van der Waals surface area contributed by atoms with E-state index in [1.807, 2.05) is 6.33 Å². The summed E-state index contributed by atoms with van der Waals surface area (Å²) in [6.07, 6.45) is 9.68. The van der Waals surface area contributed by atoms with Gasteiger partial charge in [0.15, 0.2) is 0 Å². The molecule has 1 aliphatic rings. The van der Waals surface area contributed by atoms with Crippen LogP contribution in [0.1, 0.15) is 71.4 Å². The van der Waals surface area contributed by atoms with Crippen LogP contribution in [0.2, 0.25) is 0 Å². The summed E-state index contributed by atoms with van der Waals surface area (Å²) in [6, 6.07) is 7.05. The number of hydrogen-bond acceptors (Lipinski definition) is 2. The molecule has 2 unspecified atom stereocenters. The molecule has 0 saturated heterocycles. The molecule has 4 rings (SSSR count). The molecule has 3 heterocycles. The third-order valence-electron chi connectivity index (χ3n) is 7.37. The highest BCUT2D eigenvalue weighted by Crippen LogP contribution is 2.52. The molecule has 0 fully saturated rings. The van der Waals surface area contributed by atoms with Crippen LogP contribution in [0.25, 0.3) is 16.4 Å². The lowest BCUT2D eigenvalue weighted by molar-refractivity contribution is -0.520. The molecular formula is C23H30N3S+. The summed E-state index contributed by atoms with van der Waals surface area (Å²) < 4.78 is 5.20. The van der Waals surface area contributed by atoms with Crippen molar-refractivity contribution in [2.75, 3.05) is 0 Å². The number of unbranched alkanes of at least 4 members (excludes halogenated alkanes) is 1. The first kappa shape index (κ1) is 18.5. The summed E-state index contributed by atoms with van der Waals surface area (Å²) in [5.74, 6) is 0. The van der Waals surface area contributed by atoms with Crippen LogP contribution >= 0.6 is 12.2 Å². The van der Waals surface area contributed by atoms with E-state index in [-0.39, 0.29) is 11.0 Å². The second kappa shape index (κ2) is 6.37. The van der Waals surface area contributed by atoms with E-state index in [1.165, 1.54) is 40.4 Å². The van der Waals surface area contributed by atoms with Gasteiger partial charge in [-0.2, -0.15) is 0 Å². The predicted molar refractivity (Wildman–Crippen MR) is 114 cm³/mol. The largest absolute Gasteiger partial charge is 0.334 e. The number of benzene rings is 1. The molecule has 2 atom stereocenters. The van der Waals surface area contributed by atoms with Crippen molar-refractivity contribution in [1.82, 2.24) is 9.55 Å². The summed E-state index contributed by atoms with van der Waals surface area (Å²) in [5, 5.41) is 2.75. The normalized spacial score (nSPS) is 24.2. The second-order valence-electron chi connectivity index (χ2n) is 8.39. The zero-order valence-electron chi connectivity index (χ0n) is 17.2. The fourth-order valence-corrected chi connectivity index (χ4v) is 5.51. The topological polar surface area (TPSA) is 21.9 Å². The van der Waals surface area contributed by atoms with Gasteiger partial charge >= 0.3 is 4.77 Å². The van der Waals surface area contributed by atoms with Gasteiger partial charge < -0.3 is 0 Å². The van der Waals surface area contributed by atoms with Crippen LogP contribution in [-0.2, 0) is 17.4 Å². The van der Waals surface area contributed by atoms with Crippen LogP contribution in [0, 0.1) is 4.77 Å². The molecule has 3 nitrogen and oxygen atoms in total. The Kier molecular flexibility index (Phi) is 4.38. The molecular weight excluding hydrogens is 350 g/mol. The van der Waals surface area contributed by atoms with E-state index >= 15 is 0 Å². The lowest BCUT2D eigenvalue weighted by Gasteiger charge is -2.48. The van der Waals surface area contributed by atoms with Crippen LogP contribution in [-0.4, -0.2) is 9.55 Å². The fraction of sp³-hybridized carbons (Fsp3) is 0.522. The smallest absolute Gasteiger partial charge is 0.213 e. The lowest BCUT2D eigenvalue weighted by Crippen LogP contribution is -2.53. The molecule has 142 valence electrons. The van der Waals surface area contributed by atoms with E-state index in [9.17, 15) is 0 Å². The van der Waals surface area contributed by atoms with Gasteiger partial charge in [-0.05, 0) is 67.4 Å². The van der Waals surface area contributed by atoms with E-state index in [1.54, 1.807) is 0 Å². The molecule has 2 aromatic heterocycles. The van der Waals surface area contributed by atoms with Gasteiger partial charge in [0.1, 0.15) is 5.54 Å². The van der Waals surface area contributed by atoms with Crippen LogP contribution in [0.3, 0.4) is 0 Å². The van der Waals surface area contributed by atoms with Crippen molar-refractivity contribution >= 4 is 28.6 Å². The SMILES string of the molecule is CCCCc1ccc2c3c1cc[n+]1cnc(=S)n(c31)C(C)(CC)C2(C)CC. The standard InChI is InChI=1S/C23H30N3S/c1-6-9-10-16-11-12-18-19-17(16)13-14-25-15-24-21(27)26(20(19)25)23(5,8-3)22(18,4)7-2/h11-15H,6-10H2,1-5H3/q+1. The van der Waals surface area contributed by atoms with Gasteiger partial charge in [0.25, 0.3) is 0 Å². The molecule has 1 aliphatic heterocycles. The Hall–Kier alpha value is -1.81. The number of hydrogen-bond donors (Lipinski definition) is 0. The van der Waals surface area contributed by atoms with Crippen molar-refractivity contribution in [3.63, 3.8) is 0 Å². The number of nitrogens with zero attached hydrogens (tertiary/aromatic N) is 3. The molecule has 27 heavy (non-hydrogen) atoms. The van der Waals surface area contributed by atoms with Gasteiger partial charge in [-0.25, -0.2) is 8.97 Å². The Bertz CT molecular complexity index is 1100. The highest BCUT2D eigenvalue weighted by molar-refractivity contribution is 7.71. The average molecular weight is 381 g/mol. The zero-order chi connectivity index (χ0) is 19.4. The molecule has 0 radical (unpaired) electrons. The first-order chi connectivity index (χ1) is 12.9. The predicted octanol–water partition coefficient (Wildman–Crippen LogP) is 5.65. The van der Waals surface area contributed by atoms with Gasteiger partial charge in [0.05, 0.1) is 11.6 Å².